The molecule has 0 aromatic rings. The Morgan fingerprint density at radius 3 is 0.964 bits per heavy atom. The molecule has 0 aromatic carbocycles. The first-order valence-corrected chi connectivity index (χ1v) is 10.3. The predicted octanol–water partition coefficient (Wildman–Crippen LogP) is 8.16. The van der Waals surface area contributed by atoms with E-state index >= 15 is 0 Å². The maximum absolute atomic E-state index is 11.2. The lowest BCUT2D eigenvalue weighted by Crippen LogP contribution is -2.15. The molecule has 2 rings (SSSR count). The van der Waals surface area contributed by atoms with E-state index in [0.29, 0.717) is 0 Å². The van der Waals surface area contributed by atoms with Crippen LogP contribution >= 0.6 is 0 Å². The predicted molar refractivity (Wildman–Crippen MR) is 103 cm³/mol. The number of aliphatic hydroxyl groups excluding tert-OH is 1. The average molecular weight is 423 g/mol. The molecule has 0 spiro atoms. The first-order valence-electron chi connectivity index (χ1n) is 10.3. The van der Waals surface area contributed by atoms with Crippen LogP contribution in [0.2, 0.25) is 0 Å². The highest BCUT2D eigenvalue weighted by atomic mass is 19.4. The normalized spacial score (nSPS) is 28.1. The van der Waals surface area contributed by atoms with Crippen LogP contribution in [0, 0.1) is 23.7 Å². The SMILES string of the molecule is CC(C)C(F)(F)F.CC(F)(F)F.CC1CCC(C)CC1.CC1CCC(O)CC1. The lowest BCUT2D eigenvalue weighted by Gasteiger charge is -2.22. The van der Waals surface area contributed by atoms with Gasteiger partial charge >= 0.3 is 12.4 Å². The quantitative estimate of drug-likeness (QED) is 0.390. The van der Waals surface area contributed by atoms with Crippen molar-refractivity contribution in [1.82, 2.24) is 0 Å². The number of hydrogen-bond donors (Lipinski definition) is 1. The molecular weight excluding hydrogens is 382 g/mol. The minimum absolute atomic E-state index is 0.0196. The van der Waals surface area contributed by atoms with Crippen molar-refractivity contribution in [1.29, 1.82) is 0 Å². The van der Waals surface area contributed by atoms with Crippen LogP contribution in [0.4, 0.5) is 26.3 Å². The summed E-state index contributed by atoms with van der Waals surface area (Å²) in [5.41, 5.74) is 0. The lowest BCUT2D eigenvalue weighted by atomic mass is 9.84. The Bertz CT molecular complexity index is 303. The lowest BCUT2D eigenvalue weighted by molar-refractivity contribution is -0.164. The Labute approximate surface area is 167 Å². The van der Waals surface area contributed by atoms with Crippen LogP contribution in [-0.4, -0.2) is 23.6 Å². The zero-order valence-corrected chi connectivity index (χ0v) is 18.3. The molecule has 1 N–H and O–H groups in total. The molecule has 0 aromatic heterocycles. The number of alkyl halides is 6. The summed E-state index contributed by atoms with van der Waals surface area (Å²) >= 11 is 0. The molecule has 0 heterocycles. The van der Waals surface area contributed by atoms with Gasteiger partial charge in [0.05, 0.1) is 6.10 Å². The Morgan fingerprint density at radius 2 is 0.821 bits per heavy atom. The summed E-state index contributed by atoms with van der Waals surface area (Å²) in [6.07, 6.45) is 2.42. The molecule has 0 unspecified atom stereocenters. The third kappa shape index (κ3) is 23.6. The minimum atomic E-state index is -4.00. The van der Waals surface area contributed by atoms with Crippen molar-refractivity contribution in [3.8, 4) is 0 Å². The van der Waals surface area contributed by atoms with Crippen molar-refractivity contribution in [2.45, 2.75) is 111 Å². The molecule has 0 saturated heterocycles. The van der Waals surface area contributed by atoms with E-state index < -0.39 is 18.3 Å². The molecule has 0 atom stereocenters. The number of halogens is 6. The van der Waals surface area contributed by atoms with Crippen LogP contribution in [0.15, 0.2) is 0 Å². The maximum atomic E-state index is 11.2. The summed E-state index contributed by atoms with van der Waals surface area (Å²) in [7, 11) is 0. The first-order chi connectivity index (χ1) is 12.5. The topological polar surface area (TPSA) is 20.2 Å². The van der Waals surface area contributed by atoms with E-state index in [1.807, 2.05) is 0 Å². The Morgan fingerprint density at radius 1 is 0.643 bits per heavy atom. The van der Waals surface area contributed by atoms with Crippen LogP contribution in [0.5, 0.6) is 0 Å². The van der Waals surface area contributed by atoms with Crippen LogP contribution in [0.1, 0.15) is 92.9 Å². The summed E-state index contributed by atoms with van der Waals surface area (Å²) in [4.78, 5) is 0. The fourth-order valence-corrected chi connectivity index (χ4v) is 2.67. The van der Waals surface area contributed by atoms with E-state index in [1.54, 1.807) is 0 Å². The van der Waals surface area contributed by atoms with E-state index in [4.69, 9.17) is 5.11 Å². The Hall–Kier alpha value is -0.460. The number of aliphatic hydroxyl groups is 1. The molecule has 2 aliphatic carbocycles. The molecule has 0 amide bonds. The Balaban J connectivity index is 0. The van der Waals surface area contributed by atoms with Crippen LogP contribution in [0.25, 0.3) is 0 Å². The largest absolute Gasteiger partial charge is 0.393 e. The number of hydrogen-bond acceptors (Lipinski definition) is 1. The van der Waals surface area contributed by atoms with Crippen molar-refractivity contribution >= 4 is 0 Å². The molecular formula is C21H40F6O. The molecule has 0 bridgehead atoms. The zero-order chi connectivity index (χ0) is 22.5. The summed E-state index contributed by atoms with van der Waals surface area (Å²) in [5.74, 6) is 1.70. The van der Waals surface area contributed by atoms with Gasteiger partial charge in [-0.05, 0) is 43.4 Å². The van der Waals surface area contributed by atoms with Crippen molar-refractivity contribution in [2.24, 2.45) is 23.7 Å². The summed E-state index contributed by atoms with van der Waals surface area (Å²) in [6, 6.07) is 0. The Kier molecular flexibility index (Phi) is 15.4. The van der Waals surface area contributed by atoms with E-state index in [-0.39, 0.29) is 13.0 Å². The third-order valence-electron chi connectivity index (χ3n) is 4.94. The second kappa shape index (κ2) is 14.5. The zero-order valence-electron chi connectivity index (χ0n) is 18.3. The van der Waals surface area contributed by atoms with E-state index in [0.717, 1.165) is 44.4 Å². The van der Waals surface area contributed by atoms with Gasteiger partial charge in [-0.3, -0.25) is 0 Å². The maximum Gasteiger partial charge on any atom is 0.391 e. The average Bonchev–Trinajstić information content (AvgIpc) is 2.52. The van der Waals surface area contributed by atoms with Gasteiger partial charge in [-0.1, -0.05) is 60.3 Å². The molecule has 172 valence electrons. The molecule has 0 aliphatic heterocycles. The van der Waals surface area contributed by atoms with Crippen molar-refractivity contribution < 1.29 is 31.4 Å². The minimum Gasteiger partial charge on any atom is -0.393 e. The van der Waals surface area contributed by atoms with E-state index in [1.165, 1.54) is 38.5 Å². The van der Waals surface area contributed by atoms with Gasteiger partial charge in [0.25, 0.3) is 0 Å². The highest BCUT2D eigenvalue weighted by Crippen LogP contribution is 2.27. The van der Waals surface area contributed by atoms with Gasteiger partial charge in [0.2, 0.25) is 0 Å². The van der Waals surface area contributed by atoms with Gasteiger partial charge in [0.15, 0.2) is 0 Å². The highest BCUT2D eigenvalue weighted by molar-refractivity contribution is 4.67. The fraction of sp³-hybridized carbons (Fsp3) is 1.00. The van der Waals surface area contributed by atoms with E-state index in [2.05, 4.69) is 20.8 Å². The summed E-state index contributed by atoms with van der Waals surface area (Å²) in [5, 5.41) is 9.03. The molecule has 2 saturated carbocycles. The molecule has 2 aliphatic rings. The van der Waals surface area contributed by atoms with Gasteiger partial charge in [-0.2, -0.15) is 26.3 Å². The monoisotopic (exact) mass is 422 g/mol. The van der Waals surface area contributed by atoms with Gasteiger partial charge in [-0.15, -0.1) is 0 Å². The standard InChI is InChI=1S/C8H16.C7H14O.C4H7F3.C2H3F3/c1-7-3-5-8(2)6-4-7;1-6-2-4-7(8)5-3-6;1-3(2)4(5,6)7;1-2(3,4)5/h7-8H,3-6H2,1-2H3;6-8H,2-5H2,1H3;3H,1-2H3;1H3. The molecule has 2 fully saturated rings. The van der Waals surface area contributed by atoms with Crippen molar-refractivity contribution in [3.63, 3.8) is 0 Å². The molecule has 0 radical (unpaired) electrons. The van der Waals surface area contributed by atoms with Gasteiger partial charge in [0, 0.05) is 12.8 Å². The number of rotatable bonds is 0. The summed E-state index contributed by atoms with van der Waals surface area (Å²) < 4.78 is 64.6. The van der Waals surface area contributed by atoms with Crippen LogP contribution in [0.3, 0.4) is 0 Å². The molecule has 1 nitrogen and oxygen atoms in total. The van der Waals surface area contributed by atoms with Gasteiger partial charge in [-0.25, -0.2) is 0 Å². The smallest absolute Gasteiger partial charge is 0.391 e. The van der Waals surface area contributed by atoms with Crippen LogP contribution in [-0.2, 0) is 0 Å². The second-order valence-corrected chi connectivity index (χ2v) is 8.76. The van der Waals surface area contributed by atoms with E-state index in [9.17, 15) is 26.3 Å². The summed E-state index contributed by atoms with van der Waals surface area (Å²) in [6.45, 7) is 9.43. The first kappa shape index (κ1) is 29.7. The molecule has 28 heavy (non-hydrogen) atoms. The van der Waals surface area contributed by atoms with Crippen molar-refractivity contribution in [2.75, 3.05) is 0 Å². The van der Waals surface area contributed by atoms with Crippen LogP contribution < -0.4 is 0 Å². The van der Waals surface area contributed by atoms with Gasteiger partial charge < -0.3 is 5.11 Å². The second-order valence-electron chi connectivity index (χ2n) is 8.76. The molecule has 7 heteroatoms. The van der Waals surface area contributed by atoms with Gasteiger partial charge in [0.1, 0.15) is 0 Å². The fourth-order valence-electron chi connectivity index (χ4n) is 2.67. The van der Waals surface area contributed by atoms with Crippen molar-refractivity contribution in [3.05, 3.63) is 0 Å². The third-order valence-corrected chi connectivity index (χ3v) is 4.94. The highest BCUT2D eigenvalue weighted by Gasteiger charge is 2.31.